The van der Waals surface area contributed by atoms with Gasteiger partial charge in [-0.3, -0.25) is 4.79 Å². The minimum atomic E-state index is -3.94. The molecule has 38 heavy (non-hydrogen) atoms. The number of aliphatic hydroxyl groups is 1. The highest BCUT2D eigenvalue weighted by Gasteiger charge is 2.38. The highest BCUT2D eigenvalue weighted by atomic mass is 32.2. The monoisotopic (exact) mass is 534 g/mol. The van der Waals surface area contributed by atoms with Gasteiger partial charge in [-0.2, -0.15) is 4.31 Å². The molecule has 1 aliphatic rings. The third-order valence-electron chi connectivity index (χ3n) is 6.78. The zero-order valence-corrected chi connectivity index (χ0v) is 22.7. The number of sulfonamides is 1. The van der Waals surface area contributed by atoms with Crippen molar-refractivity contribution in [3.8, 4) is 5.75 Å². The van der Waals surface area contributed by atoms with Gasteiger partial charge >= 0.3 is 0 Å². The first kappa shape index (κ1) is 27.6. The molecule has 1 heterocycles. The van der Waals surface area contributed by atoms with Crippen molar-refractivity contribution in [3.63, 3.8) is 0 Å². The van der Waals surface area contributed by atoms with Crippen LogP contribution >= 0.6 is 0 Å². The Morgan fingerprint density at radius 3 is 2.34 bits per heavy atom. The number of amides is 1. The van der Waals surface area contributed by atoms with E-state index in [-0.39, 0.29) is 42.2 Å². The minimum Gasteiger partial charge on any atom is -0.487 e. The maximum absolute atomic E-state index is 13.7. The van der Waals surface area contributed by atoms with Crippen LogP contribution in [-0.2, 0) is 10.0 Å². The summed E-state index contributed by atoms with van der Waals surface area (Å²) in [6.07, 6.45) is 3.37. The second-order valence-corrected chi connectivity index (χ2v) is 11.6. The van der Waals surface area contributed by atoms with E-state index in [9.17, 15) is 18.3 Å². The molecule has 0 unspecified atom stereocenters. The molecule has 3 atom stereocenters. The summed E-state index contributed by atoms with van der Waals surface area (Å²) in [5.74, 6) is -0.176. The van der Waals surface area contributed by atoms with Gasteiger partial charge in [0.1, 0.15) is 16.7 Å². The lowest BCUT2D eigenvalue weighted by Gasteiger charge is -2.37. The fourth-order valence-corrected chi connectivity index (χ4v) is 6.30. The third-order valence-corrected chi connectivity index (χ3v) is 8.80. The van der Waals surface area contributed by atoms with E-state index in [0.29, 0.717) is 5.56 Å². The predicted molar refractivity (Wildman–Crippen MR) is 149 cm³/mol. The van der Waals surface area contributed by atoms with E-state index in [1.54, 1.807) is 49.2 Å². The lowest BCUT2D eigenvalue weighted by molar-refractivity contribution is 0.0563. The van der Waals surface area contributed by atoms with Crippen LogP contribution in [0.2, 0.25) is 0 Å². The van der Waals surface area contributed by atoms with Gasteiger partial charge in [0.15, 0.2) is 0 Å². The fourth-order valence-electron chi connectivity index (χ4n) is 4.47. The number of nitrogens with zero attached hydrogens (tertiary/aromatic N) is 2. The molecule has 4 rings (SSSR count). The van der Waals surface area contributed by atoms with Crippen molar-refractivity contribution in [2.24, 2.45) is 5.92 Å². The van der Waals surface area contributed by atoms with Gasteiger partial charge < -0.3 is 14.7 Å². The van der Waals surface area contributed by atoms with E-state index in [4.69, 9.17) is 4.74 Å². The Morgan fingerprint density at radius 2 is 1.68 bits per heavy atom. The van der Waals surface area contributed by atoms with Crippen molar-refractivity contribution in [3.05, 3.63) is 95.6 Å². The lowest BCUT2D eigenvalue weighted by Crippen LogP contribution is -2.50. The maximum Gasteiger partial charge on any atom is 0.253 e. The molecule has 1 amide bonds. The first-order valence-corrected chi connectivity index (χ1v) is 14.1. The number of benzene rings is 3. The second kappa shape index (κ2) is 11.9. The van der Waals surface area contributed by atoms with E-state index < -0.39 is 22.2 Å². The van der Waals surface area contributed by atoms with Gasteiger partial charge in [0.2, 0.25) is 10.0 Å². The summed E-state index contributed by atoms with van der Waals surface area (Å²) >= 11 is 0. The first-order chi connectivity index (χ1) is 18.2. The third kappa shape index (κ3) is 6.15. The Hall–Kier alpha value is -3.46. The summed E-state index contributed by atoms with van der Waals surface area (Å²) < 4.78 is 35.1. The van der Waals surface area contributed by atoms with Crippen LogP contribution in [0.3, 0.4) is 0 Å². The molecule has 3 aromatic carbocycles. The summed E-state index contributed by atoms with van der Waals surface area (Å²) in [6.45, 7) is 3.69. The first-order valence-electron chi connectivity index (χ1n) is 12.7. The summed E-state index contributed by atoms with van der Waals surface area (Å²) in [7, 11) is -2.22. The molecule has 0 aromatic heterocycles. The molecule has 0 saturated heterocycles. The van der Waals surface area contributed by atoms with Gasteiger partial charge in [-0.25, -0.2) is 8.42 Å². The molecule has 0 saturated carbocycles. The van der Waals surface area contributed by atoms with Crippen LogP contribution in [0.25, 0.3) is 12.2 Å². The lowest BCUT2D eigenvalue weighted by atomic mass is 10.0. The van der Waals surface area contributed by atoms with E-state index in [1.807, 2.05) is 67.6 Å². The number of likely N-dealkylation sites (N-methyl/N-ethyl adjacent to an activating group) is 1. The Labute approximate surface area is 225 Å². The van der Waals surface area contributed by atoms with Gasteiger partial charge in [0.05, 0.1) is 13.2 Å². The van der Waals surface area contributed by atoms with E-state index in [1.165, 1.54) is 4.31 Å². The highest BCUT2D eigenvalue weighted by Crippen LogP contribution is 2.34. The molecule has 0 fully saturated rings. The topological polar surface area (TPSA) is 87.2 Å². The van der Waals surface area contributed by atoms with Gasteiger partial charge in [-0.15, -0.1) is 0 Å². The van der Waals surface area contributed by atoms with Crippen molar-refractivity contribution in [2.75, 3.05) is 26.7 Å². The van der Waals surface area contributed by atoms with Crippen molar-refractivity contribution < 1.29 is 23.1 Å². The zero-order valence-electron chi connectivity index (χ0n) is 21.9. The summed E-state index contributed by atoms with van der Waals surface area (Å²) in [6, 6.07) is 23.2. The number of carbonyl (C=O) groups excluding carboxylic acids is 1. The van der Waals surface area contributed by atoms with Crippen LogP contribution in [0.5, 0.6) is 5.75 Å². The van der Waals surface area contributed by atoms with E-state index in [2.05, 4.69) is 0 Å². The number of ether oxygens (including phenoxy) is 1. The van der Waals surface area contributed by atoms with Crippen LogP contribution in [-0.4, -0.2) is 67.5 Å². The van der Waals surface area contributed by atoms with Crippen molar-refractivity contribution in [2.45, 2.75) is 30.9 Å². The minimum absolute atomic E-state index is 0.0450. The number of fused-ring (bicyclic) bond motifs is 1. The molecule has 1 aliphatic heterocycles. The average molecular weight is 535 g/mol. The Balaban J connectivity index is 1.70. The molecular formula is C30H34N2O5S. The number of carbonyl (C=O) groups is 1. The van der Waals surface area contributed by atoms with Crippen LogP contribution in [0, 0.1) is 5.92 Å². The predicted octanol–water partition coefficient (Wildman–Crippen LogP) is 4.40. The van der Waals surface area contributed by atoms with Gasteiger partial charge in [0, 0.05) is 31.1 Å². The van der Waals surface area contributed by atoms with Gasteiger partial charge in [-0.1, -0.05) is 73.7 Å². The summed E-state index contributed by atoms with van der Waals surface area (Å²) in [4.78, 5) is 14.7. The van der Waals surface area contributed by atoms with Crippen molar-refractivity contribution >= 4 is 28.1 Å². The fraction of sp³-hybridized carbons (Fsp3) is 0.300. The molecule has 200 valence electrons. The SMILES string of the molecule is C[C@@H]1CN([C@H](C)CO)S(=O)(=O)c2ccc(/C=C/c3ccccc3)cc2O[C@@H]1CN(C)C(=O)c1ccccc1. The number of aliphatic hydroxyl groups excluding tert-OH is 1. The maximum atomic E-state index is 13.7. The summed E-state index contributed by atoms with van der Waals surface area (Å²) in [5.41, 5.74) is 2.37. The molecule has 0 spiro atoms. The van der Waals surface area contributed by atoms with E-state index >= 15 is 0 Å². The summed E-state index contributed by atoms with van der Waals surface area (Å²) in [5, 5.41) is 9.85. The molecule has 0 aliphatic carbocycles. The Bertz CT molecular complexity index is 1380. The molecule has 0 bridgehead atoms. The van der Waals surface area contributed by atoms with Gasteiger partial charge in [0.25, 0.3) is 5.91 Å². The van der Waals surface area contributed by atoms with Crippen LogP contribution in [0.15, 0.2) is 83.8 Å². The number of hydrogen-bond donors (Lipinski definition) is 1. The molecule has 7 nitrogen and oxygen atoms in total. The molecule has 8 heteroatoms. The molecular weight excluding hydrogens is 500 g/mol. The second-order valence-electron chi connectivity index (χ2n) is 9.74. The van der Waals surface area contributed by atoms with Crippen LogP contribution in [0.1, 0.15) is 35.3 Å². The molecule has 3 aromatic rings. The zero-order chi connectivity index (χ0) is 27.3. The van der Waals surface area contributed by atoms with Crippen LogP contribution in [0.4, 0.5) is 0 Å². The van der Waals surface area contributed by atoms with Gasteiger partial charge in [-0.05, 0) is 42.3 Å². The van der Waals surface area contributed by atoms with E-state index in [0.717, 1.165) is 11.1 Å². The number of hydrogen-bond acceptors (Lipinski definition) is 5. The Morgan fingerprint density at radius 1 is 1.05 bits per heavy atom. The van der Waals surface area contributed by atoms with Crippen LogP contribution < -0.4 is 4.74 Å². The Kier molecular flexibility index (Phi) is 8.66. The normalized spacial score (nSPS) is 20.1. The number of rotatable bonds is 7. The largest absolute Gasteiger partial charge is 0.487 e. The smallest absolute Gasteiger partial charge is 0.253 e. The highest BCUT2D eigenvalue weighted by molar-refractivity contribution is 7.89. The molecule has 1 N–H and O–H groups in total. The average Bonchev–Trinajstić information content (AvgIpc) is 2.93. The standard InChI is InChI=1S/C30H34N2O5S/c1-22-19-32(23(2)21-33)38(35,36)29-17-16-25(15-14-24-10-6-4-7-11-24)18-27(29)37-28(22)20-31(3)30(34)26-12-8-5-9-13-26/h4-18,22-23,28,33H,19-21H2,1-3H3/b15-14+/t22-,23-,28-/m1/s1. The van der Waals surface area contributed by atoms with Crippen molar-refractivity contribution in [1.82, 2.24) is 9.21 Å². The molecule has 0 radical (unpaired) electrons. The quantitative estimate of drug-likeness (QED) is 0.454. The van der Waals surface area contributed by atoms with Crippen molar-refractivity contribution in [1.29, 1.82) is 0 Å².